The molecule has 0 atom stereocenters. The van der Waals surface area contributed by atoms with Gasteiger partial charge in [-0.1, -0.05) is 26.2 Å². The fourth-order valence-electron chi connectivity index (χ4n) is 1.55. The second-order valence-corrected chi connectivity index (χ2v) is 6.40. The maximum Gasteiger partial charge on any atom is 0.414 e. The normalized spacial score (nSPS) is 14.0. The highest BCUT2D eigenvalue weighted by atomic mass is 79.9. The van der Waals surface area contributed by atoms with Crippen molar-refractivity contribution in [3.05, 3.63) is 10.1 Å². The van der Waals surface area contributed by atoms with Gasteiger partial charge in [0.2, 0.25) is 0 Å². The predicted molar refractivity (Wildman–Crippen MR) is 76.6 cm³/mol. The summed E-state index contributed by atoms with van der Waals surface area (Å²) in [6.45, 7) is 6.82. The highest BCUT2D eigenvalue weighted by Crippen LogP contribution is 2.35. The van der Waals surface area contributed by atoms with Crippen LogP contribution in [0.1, 0.15) is 59.8 Å². The van der Waals surface area contributed by atoms with Crippen LogP contribution in [-0.2, 0) is 9.53 Å². The summed E-state index contributed by atoms with van der Waals surface area (Å²) < 4.78 is 43.4. The smallest absolute Gasteiger partial charge is 0.414 e. The molecule has 0 bridgehead atoms. The van der Waals surface area contributed by atoms with Gasteiger partial charge in [-0.2, -0.15) is 13.2 Å². The molecule has 0 spiro atoms. The van der Waals surface area contributed by atoms with E-state index in [9.17, 15) is 18.0 Å². The number of esters is 1. The molecule has 0 heterocycles. The molecular formula is C14H22BrF3O2. The zero-order valence-electron chi connectivity index (χ0n) is 12.4. The van der Waals surface area contributed by atoms with Crippen molar-refractivity contribution in [2.75, 3.05) is 0 Å². The van der Waals surface area contributed by atoms with E-state index in [-0.39, 0.29) is 6.42 Å². The predicted octanol–water partition coefficient (Wildman–Crippen LogP) is 5.51. The Labute approximate surface area is 126 Å². The molecule has 0 aliphatic carbocycles. The Kier molecular flexibility index (Phi) is 7.84. The van der Waals surface area contributed by atoms with Gasteiger partial charge in [0.15, 0.2) is 0 Å². The molecule has 20 heavy (non-hydrogen) atoms. The first-order chi connectivity index (χ1) is 8.99. The minimum Gasteiger partial charge on any atom is -0.456 e. The Balaban J connectivity index is 4.98. The Morgan fingerprint density at radius 3 is 2.05 bits per heavy atom. The Bertz CT molecular complexity index is 354. The third-order valence-corrected chi connectivity index (χ3v) is 3.27. The van der Waals surface area contributed by atoms with E-state index in [1.165, 1.54) is 0 Å². The monoisotopic (exact) mass is 358 g/mol. The highest BCUT2D eigenvalue weighted by Gasteiger charge is 2.37. The summed E-state index contributed by atoms with van der Waals surface area (Å²) in [5.41, 5.74) is -1.67. The molecule has 2 nitrogen and oxygen atoms in total. The van der Waals surface area contributed by atoms with Crippen molar-refractivity contribution in [1.29, 1.82) is 0 Å². The van der Waals surface area contributed by atoms with Crippen LogP contribution in [0.25, 0.3) is 0 Å². The topological polar surface area (TPSA) is 26.3 Å². The van der Waals surface area contributed by atoms with Gasteiger partial charge >= 0.3 is 12.1 Å². The van der Waals surface area contributed by atoms with Crippen LogP contribution in [-0.4, -0.2) is 17.7 Å². The summed E-state index contributed by atoms with van der Waals surface area (Å²) in [6, 6.07) is 0. The minimum atomic E-state index is -4.53. The van der Waals surface area contributed by atoms with Crippen molar-refractivity contribution in [3.63, 3.8) is 0 Å². The van der Waals surface area contributed by atoms with Gasteiger partial charge in [0, 0.05) is 0 Å². The molecule has 118 valence electrons. The van der Waals surface area contributed by atoms with Crippen molar-refractivity contribution in [2.45, 2.75) is 71.6 Å². The molecular weight excluding hydrogens is 337 g/mol. The first-order valence-corrected chi connectivity index (χ1v) is 7.47. The maximum atomic E-state index is 13.0. The third-order valence-electron chi connectivity index (χ3n) is 2.47. The minimum absolute atomic E-state index is 0.177. The zero-order chi connectivity index (χ0) is 16.0. The first kappa shape index (κ1) is 19.5. The lowest BCUT2D eigenvalue weighted by Crippen LogP contribution is -2.26. The lowest BCUT2D eigenvalue weighted by atomic mass is 10.1. The molecule has 0 saturated heterocycles. The zero-order valence-corrected chi connectivity index (χ0v) is 13.9. The van der Waals surface area contributed by atoms with Crippen LogP contribution in [0.2, 0.25) is 0 Å². The Hall–Kier alpha value is -0.520. The fraction of sp³-hybridized carbons (Fsp3) is 0.786. The van der Waals surface area contributed by atoms with E-state index in [2.05, 4.69) is 15.9 Å². The number of carbonyl (C=O) groups is 1. The van der Waals surface area contributed by atoms with Crippen LogP contribution in [0.15, 0.2) is 10.1 Å². The van der Waals surface area contributed by atoms with Gasteiger partial charge in [-0.25, -0.2) is 4.79 Å². The van der Waals surface area contributed by atoms with Gasteiger partial charge in [0.05, 0.1) is 5.57 Å². The molecule has 0 aromatic rings. The largest absolute Gasteiger partial charge is 0.456 e. The molecule has 6 heteroatoms. The maximum absolute atomic E-state index is 13.0. The number of ether oxygens (including phenoxy) is 1. The molecule has 0 aliphatic heterocycles. The van der Waals surface area contributed by atoms with Gasteiger partial charge in [-0.15, -0.1) is 0 Å². The number of halogens is 4. The van der Waals surface area contributed by atoms with Gasteiger partial charge in [-0.3, -0.25) is 0 Å². The lowest BCUT2D eigenvalue weighted by Gasteiger charge is -2.21. The van der Waals surface area contributed by atoms with E-state index in [0.29, 0.717) is 12.8 Å². The molecule has 0 fully saturated rings. The van der Waals surface area contributed by atoms with E-state index in [0.717, 1.165) is 12.8 Å². The van der Waals surface area contributed by atoms with Gasteiger partial charge in [-0.05, 0) is 49.5 Å². The number of alkyl halides is 3. The van der Waals surface area contributed by atoms with E-state index in [1.807, 2.05) is 6.92 Å². The first-order valence-electron chi connectivity index (χ1n) is 6.68. The van der Waals surface area contributed by atoms with E-state index in [1.54, 1.807) is 20.8 Å². The third kappa shape index (κ3) is 7.92. The Morgan fingerprint density at radius 2 is 1.65 bits per heavy atom. The number of rotatable bonds is 6. The molecule has 0 unspecified atom stereocenters. The molecule has 0 aliphatic rings. The molecule has 0 amide bonds. The highest BCUT2D eigenvalue weighted by molar-refractivity contribution is 9.12. The van der Waals surface area contributed by atoms with Crippen LogP contribution in [0.3, 0.4) is 0 Å². The average Bonchev–Trinajstić information content (AvgIpc) is 2.24. The fourth-order valence-corrected chi connectivity index (χ4v) is 2.05. The Morgan fingerprint density at radius 1 is 1.10 bits per heavy atom. The quantitative estimate of drug-likeness (QED) is 0.355. The number of unbranched alkanes of at least 4 members (excludes halogenated alkanes) is 3. The summed E-state index contributed by atoms with van der Waals surface area (Å²) >= 11 is 2.75. The van der Waals surface area contributed by atoms with Gasteiger partial charge < -0.3 is 4.74 Å². The second kappa shape index (κ2) is 8.05. The van der Waals surface area contributed by atoms with E-state index in [4.69, 9.17) is 4.74 Å². The summed E-state index contributed by atoms with van der Waals surface area (Å²) in [5, 5.41) is 0. The van der Waals surface area contributed by atoms with Crippen molar-refractivity contribution >= 4 is 21.9 Å². The molecule has 0 radical (unpaired) electrons. The van der Waals surface area contributed by atoms with Crippen LogP contribution in [0.4, 0.5) is 13.2 Å². The van der Waals surface area contributed by atoms with Crippen molar-refractivity contribution in [2.24, 2.45) is 0 Å². The van der Waals surface area contributed by atoms with Crippen LogP contribution < -0.4 is 0 Å². The lowest BCUT2D eigenvalue weighted by molar-refractivity contribution is -0.150. The molecule has 0 N–H and O–H groups in total. The SMILES string of the molecule is CCCCCC/C(=C(\Br)C(=O)OC(C)(C)C)C(F)(F)F. The molecule has 0 aromatic carbocycles. The number of hydrogen-bond donors (Lipinski definition) is 0. The van der Waals surface area contributed by atoms with E-state index < -0.39 is 27.8 Å². The summed E-state index contributed by atoms with van der Waals surface area (Å²) in [7, 11) is 0. The molecule has 0 aromatic heterocycles. The van der Waals surface area contributed by atoms with Crippen LogP contribution in [0, 0.1) is 0 Å². The second-order valence-electron chi connectivity index (χ2n) is 5.60. The number of carbonyl (C=O) groups excluding carboxylic acids is 1. The van der Waals surface area contributed by atoms with Gasteiger partial charge in [0.1, 0.15) is 10.1 Å². The van der Waals surface area contributed by atoms with Crippen molar-refractivity contribution < 1.29 is 22.7 Å². The van der Waals surface area contributed by atoms with Gasteiger partial charge in [0.25, 0.3) is 0 Å². The van der Waals surface area contributed by atoms with Crippen LogP contribution in [0.5, 0.6) is 0 Å². The van der Waals surface area contributed by atoms with Crippen molar-refractivity contribution in [1.82, 2.24) is 0 Å². The summed E-state index contributed by atoms with van der Waals surface area (Å²) in [5.74, 6) is -0.972. The average molecular weight is 359 g/mol. The molecule has 0 rings (SSSR count). The summed E-state index contributed by atoms with van der Waals surface area (Å²) in [4.78, 5) is 11.7. The molecule has 0 saturated carbocycles. The summed E-state index contributed by atoms with van der Waals surface area (Å²) in [6.07, 6.45) is -1.76. The van der Waals surface area contributed by atoms with Crippen LogP contribution >= 0.6 is 15.9 Å². The van der Waals surface area contributed by atoms with E-state index >= 15 is 0 Å². The standard InChI is InChI=1S/C14H22BrF3O2/c1-5-6-7-8-9-10(14(16,17)18)11(15)12(19)20-13(2,3)4/h5-9H2,1-4H3/b11-10+. The van der Waals surface area contributed by atoms with Crippen molar-refractivity contribution in [3.8, 4) is 0 Å². The number of hydrogen-bond acceptors (Lipinski definition) is 2. The number of allylic oxidation sites excluding steroid dienone is 1.